The van der Waals surface area contributed by atoms with Gasteiger partial charge in [0, 0.05) is 24.2 Å². The van der Waals surface area contributed by atoms with E-state index in [0.29, 0.717) is 6.54 Å². The van der Waals surface area contributed by atoms with Gasteiger partial charge in [0.15, 0.2) is 0 Å². The number of aryl methyl sites for hydroxylation is 1. The van der Waals surface area contributed by atoms with Gasteiger partial charge in [-0.1, -0.05) is 6.07 Å². The van der Waals surface area contributed by atoms with Crippen LogP contribution >= 0.6 is 15.9 Å². The molecule has 1 N–H and O–H groups in total. The van der Waals surface area contributed by atoms with Crippen LogP contribution in [-0.2, 0) is 13.1 Å². The van der Waals surface area contributed by atoms with Crippen molar-refractivity contribution in [1.82, 2.24) is 15.1 Å². The molecule has 0 atom stereocenters. The molecule has 0 fully saturated rings. The van der Waals surface area contributed by atoms with Crippen LogP contribution in [0, 0.1) is 10.1 Å². The van der Waals surface area contributed by atoms with Gasteiger partial charge in [-0.05, 0) is 28.9 Å². The molecule has 1 aromatic heterocycles. The third kappa shape index (κ3) is 3.46. The normalized spacial score (nSPS) is 10.4. The van der Waals surface area contributed by atoms with E-state index in [1.807, 2.05) is 6.92 Å². The van der Waals surface area contributed by atoms with Gasteiger partial charge in [0.1, 0.15) is 0 Å². The number of aromatic nitrogens is 2. The number of hydrogen-bond donors (Lipinski definition) is 1. The SMILES string of the molecule is CCn1ncc(Br)c1CNC(=O)c1cccc([N+](=O)[O-])c1. The quantitative estimate of drug-likeness (QED) is 0.661. The number of carbonyl (C=O) groups excluding carboxylic acids is 1. The zero-order valence-corrected chi connectivity index (χ0v) is 12.8. The average Bonchev–Trinajstić information content (AvgIpc) is 2.85. The number of non-ortho nitro benzene ring substituents is 1. The van der Waals surface area contributed by atoms with Crippen LogP contribution in [-0.4, -0.2) is 20.6 Å². The molecule has 2 aromatic rings. The summed E-state index contributed by atoms with van der Waals surface area (Å²) in [6.45, 7) is 2.93. The van der Waals surface area contributed by atoms with Crippen molar-refractivity contribution in [3.63, 3.8) is 0 Å². The molecule has 0 aliphatic heterocycles. The second-order valence-electron chi connectivity index (χ2n) is 4.25. The summed E-state index contributed by atoms with van der Waals surface area (Å²) < 4.78 is 2.57. The topological polar surface area (TPSA) is 90.1 Å². The smallest absolute Gasteiger partial charge is 0.270 e. The van der Waals surface area contributed by atoms with E-state index >= 15 is 0 Å². The molecule has 0 radical (unpaired) electrons. The first-order valence-electron chi connectivity index (χ1n) is 6.25. The minimum absolute atomic E-state index is 0.109. The van der Waals surface area contributed by atoms with Crippen LogP contribution < -0.4 is 5.32 Å². The van der Waals surface area contributed by atoms with Crippen molar-refractivity contribution < 1.29 is 9.72 Å². The van der Waals surface area contributed by atoms with E-state index in [0.717, 1.165) is 10.2 Å². The van der Waals surface area contributed by atoms with E-state index in [4.69, 9.17) is 0 Å². The highest BCUT2D eigenvalue weighted by atomic mass is 79.9. The molecule has 0 saturated heterocycles. The number of halogens is 1. The number of nitrogens with one attached hydrogen (secondary N) is 1. The second-order valence-corrected chi connectivity index (χ2v) is 5.10. The largest absolute Gasteiger partial charge is 0.346 e. The monoisotopic (exact) mass is 352 g/mol. The Kier molecular flexibility index (Phi) is 4.69. The van der Waals surface area contributed by atoms with E-state index in [2.05, 4.69) is 26.3 Å². The third-order valence-electron chi connectivity index (χ3n) is 2.93. The third-order valence-corrected chi connectivity index (χ3v) is 3.60. The van der Waals surface area contributed by atoms with Crippen LogP contribution in [0.3, 0.4) is 0 Å². The summed E-state index contributed by atoms with van der Waals surface area (Å²) in [6.07, 6.45) is 1.67. The Labute approximate surface area is 129 Å². The molecule has 1 amide bonds. The molecular formula is C13H13BrN4O3. The Morgan fingerprint density at radius 2 is 2.29 bits per heavy atom. The molecule has 0 spiro atoms. The molecule has 2 rings (SSSR count). The first-order valence-corrected chi connectivity index (χ1v) is 7.05. The maximum absolute atomic E-state index is 12.0. The standard InChI is InChI=1S/C13H13BrN4O3/c1-2-17-12(11(14)7-16-17)8-15-13(19)9-4-3-5-10(6-9)18(20)21/h3-7H,2,8H2,1H3,(H,15,19). The van der Waals surface area contributed by atoms with Crippen molar-refractivity contribution in [2.24, 2.45) is 0 Å². The van der Waals surface area contributed by atoms with Crippen LogP contribution in [0.1, 0.15) is 23.0 Å². The summed E-state index contributed by atoms with van der Waals surface area (Å²) in [5, 5.41) is 17.6. The van der Waals surface area contributed by atoms with Crippen molar-refractivity contribution in [3.8, 4) is 0 Å². The van der Waals surface area contributed by atoms with Gasteiger partial charge in [0.25, 0.3) is 11.6 Å². The summed E-state index contributed by atoms with van der Waals surface area (Å²) >= 11 is 3.37. The molecule has 7 nitrogen and oxygen atoms in total. The van der Waals surface area contributed by atoms with Gasteiger partial charge in [-0.15, -0.1) is 0 Å². The lowest BCUT2D eigenvalue weighted by Crippen LogP contribution is -2.24. The molecule has 1 heterocycles. The number of rotatable bonds is 5. The molecule has 0 aliphatic carbocycles. The van der Waals surface area contributed by atoms with Gasteiger partial charge in [0.2, 0.25) is 0 Å². The summed E-state index contributed by atoms with van der Waals surface area (Å²) in [4.78, 5) is 22.2. The highest BCUT2D eigenvalue weighted by Gasteiger charge is 2.13. The van der Waals surface area contributed by atoms with E-state index < -0.39 is 4.92 Å². The lowest BCUT2D eigenvalue weighted by atomic mass is 10.2. The fourth-order valence-corrected chi connectivity index (χ4v) is 2.30. The van der Waals surface area contributed by atoms with Crippen LogP contribution in [0.25, 0.3) is 0 Å². The Morgan fingerprint density at radius 1 is 1.52 bits per heavy atom. The minimum Gasteiger partial charge on any atom is -0.346 e. The predicted octanol–water partition coefficient (Wildman–Crippen LogP) is 2.50. The van der Waals surface area contributed by atoms with E-state index in [-0.39, 0.29) is 23.7 Å². The first-order chi connectivity index (χ1) is 10.0. The lowest BCUT2D eigenvalue weighted by molar-refractivity contribution is -0.384. The molecule has 8 heteroatoms. The van der Waals surface area contributed by atoms with Gasteiger partial charge >= 0.3 is 0 Å². The van der Waals surface area contributed by atoms with Crippen molar-refractivity contribution in [2.45, 2.75) is 20.0 Å². The van der Waals surface area contributed by atoms with E-state index in [9.17, 15) is 14.9 Å². The molecule has 0 aliphatic rings. The number of carbonyl (C=O) groups is 1. The van der Waals surface area contributed by atoms with Gasteiger partial charge in [-0.2, -0.15) is 5.10 Å². The number of benzene rings is 1. The van der Waals surface area contributed by atoms with Crippen LogP contribution in [0.5, 0.6) is 0 Å². The van der Waals surface area contributed by atoms with Gasteiger partial charge < -0.3 is 5.32 Å². The molecule has 21 heavy (non-hydrogen) atoms. The maximum atomic E-state index is 12.0. The molecule has 0 bridgehead atoms. The molecule has 0 saturated carbocycles. The summed E-state index contributed by atoms with van der Waals surface area (Å²) in [5.74, 6) is -0.366. The van der Waals surface area contributed by atoms with Crippen molar-refractivity contribution in [2.75, 3.05) is 0 Å². The second kappa shape index (κ2) is 6.49. The van der Waals surface area contributed by atoms with E-state index in [1.54, 1.807) is 10.9 Å². The fraction of sp³-hybridized carbons (Fsp3) is 0.231. The summed E-state index contributed by atoms with van der Waals surface area (Å²) in [6, 6.07) is 5.62. The number of nitro benzene ring substituents is 1. The minimum atomic E-state index is -0.528. The fourth-order valence-electron chi connectivity index (χ4n) is 1.86. The van der Waals surface area contributed by atoms with Crippen molar-refractivity contribution >= 4 is 27.5 Å². The number of hydrogen-bond acceptors (Lipinski definition) is 4. The zero-order chi connectivity index (χ0) is 15.4. The van der Waals surface area contributed by atoms with E-state index in [1.165, 1.54) is 24.3 Å². The highest BCUT2D eigenvalue weighted by Crippen LogP contribution is 2.16. The Hall–Kier alpha value is -2.22. The molecule has 110 valence electrons. The lowest BCUT2D eigenvalue weighted by Gasteiger charge is -2.08. The highest BCUT2D eigenvalue weighted by molar-refractivity contribution is 9.10. The van der Waals surface area contributed by atoms with Crippen LogP contribution in [0.4, 0.5) is 5.69 Å². The molecular weight excluding hydrogens is 340 g/mol. The number of nitrogens with zero attached hydrogens (tertiary/aromatic N) is 3. The summed E-state index contributed by atoms with van der Waals surface area (Å²) in [7, 11) is 0. The maximum Gasteiger partial charge on any atom is 0.270 e. The Morgan fingerprint density at radius 3 is 2.95 bits per heavy atom. The number of amides is 1. The number of nitro groups is 1. The average molecular weight is 353 g/mol. The first kappa shape index (κ1) is 15.2. The predicted molar refractivity (Wildman–Crippen MR) is 79.9 cm³/mol. The van der Waals surface area contributed by atoms with Crippen LogP contribution in [0.15, 0.2) is 34.9 Å². The van der Waals surface area contributed by atoms with Gasteiger partial charge in [-0.3, -0.25) is 19.6 Å². The molecule has 1 aromatic carbocycles. The Bertz CT molecular complexity index is 684. The molecule has 0 unspecified atom stereocenters. The van der Waals surface area contributed by atoms with Gasteiger partial charge in [0.05, 0.1) is 27.8 Å². The zero-order valence-electron chi connectivity index (χ0n) is 11.2. The van der Waals surface area contributed by atoms with Crippen LogP contribution in [0.2, 0.25) is 0 Å². The van der Waals surface area contributed by atoms with Crippen molar-refractivity contribution in [3.05, 3.63) is 56.3 Å². The van der Waals surface area contributed by atoms with Gasteiger partial charge in [-0.25, -0.2) is 0 Å². The van der Waals surface area contributed by atoms with Crippen molar-refractivity contribution in [1.29, 1.82) is 0 Å². The Balaban J connectivity index is 2.10. The summed E-state index contributed by atoms with van der Waals surface area (Å²) in [5.41, 5.74) is 0.988.